The Hall–Kier alpha value is -2.39. The number of nitrogens with zero attached hydrogens (tertiary/aromatic N) is 5. The van der Waals surface area contributed by atoms with Gasteiger partial charge in [-0.2, -0.15) is 9.97 Å². The van der Waals surface area contributed by atoms with Gasteiger partial charge in [0.15, 0.2) is 0 Å². The molecule has 1 unspecified atom stereocenters. The maximum absolute atomic E-state index is 12.6. The zero-order chi connectivity index (χ0) is 29.5. The van der Waals surface area contributed by atoms with Gasteiger partial charge in [-0.3, -0.25) is 0 Å². The van der Waals surface area contributed by atoms with Gasteiger partial charge in [-0.25, -0.2) is 4.79 Å². The fourth-order valence-electron chi connectivity index (χ4n) is 6.33. The van der Waals surface area contributed by atoms with Gasteiger partial charge < -0.3 is 24.2 Å². The summed E-state index contributed by atoms with van der Waals surface area (Å²) in [7, 11) is 2.16. The summed E-state index contributed by atoms with van der Waals surface area (Å²) in [5.41, 5.74) is 2.89. The molecule has 4 heterocycles. The van der Waals surface area contributed by atoms with Gasteiger partial charge in [0.1, 0.15) is 17.5 Å². The molecule has 224 valence electrons. The summed E-state index contributed by atoms with van der Waals surface area (Å²) in [5, 5.41) is 1.05. The molecule has 41 heavy (non-hydrogen) atoms. The highest BCUT2D eigenvalue weighted by atomic mass is 79.9. The quantitative estimate of drug-likeness (QED) is 0.346. The summed E-state index contributed by atoms with van der Waals surface area (Å²) in [6.45, 7) is 19.6. The minimum absolute atomic E-state index is 0.123. The van der Waals surface area contributed by atoms with Crippen LogP contribution in [0, 0.1) is 5.41 Å². The summed E-state index contributed by atoms with van der Waals surface area (Å²) in [6, 6.07) is 2.65. The van der Waals surface area contributed by atoms with E-state index in [1.807, 2.05) is 31.7 Å². The molecule has 3 aliphatic heterocycles. The minimum Gasteiger partial charge on any atom is -0.460 e. The first-order valence-corrected chi connectivity index (χ1v) is 16.0. The monoisotopic (exact) mass is 627 g/mol. The standard InChI is InChI=1S/C32H46BrN5O3/c1-8-21(3)25-26(33)22(9-2)18-24-27(25)34-29(40-23-10-14-36(7)15-11-23)35-28(24)37-16-12-32(13-17-37)19-38(20-32)30(39)41-31(4,5)6/h9,18,21,23H,2,8,10-17,19-20H2,1,3-7H3. The lowest BCUT2D eigenvalue weighted by Crippen LogP contribution is -2.62. The number of piperidine rings is 2. The van der Waals surface area contributed by atoms with Crippen molar-refractivity contribution in [3.63, 3.8) is 0 Å². The Morgan fingerprint density at radius 3 is 2.44 bits per heavy atom. The number of aromatic nitrogens is 2. The van der Waals surface area contributed by atoms with Crippen molar-refractivity contribution >= 4 is 44.8 Å². The van der Waals surface area contributed by atoms with Crippen LogP contribution in [0.25, 0.3) is 17.0 Å². The molecule has 8 nitrogen and oxygen atoms in total. The molecule has 1 aromatic carbocycles. The minimum atomic E-state index is -0.474. The second-order valence-electron chi connectivity index (χ2n) is 13.4. The van der Waals surface area contributed by atoms with Crippen LogP contribution < -0.4 is 9.64 Å². The van der Waals surface area contributed by atoms with Crippen molar-refractivity contribution in [3.05, 3.63) is 28.2 Å². The molecule has 1 spiro atoms. The van der Waals surface area contributed by atoms with E-state index >= 15 is 0 Å². The molecule has 0 aliphatic carbocycles. The highest BCUT2D eigenvalue weighted by molar-refractivity contribution is 9.10. The van der Waals surface area contributed by atoms with E-state index in [9.17, 15) is 4.79 Å². The summed E-state index contributed by atoms with van der Waals surface area (Å²) in [5.74, 6) is 1.25. The first-order valence-electron chi connectivity index (χ1n) is 15.2. The first-order chi connectivity index (χ1) is 19.4. The number of hydrogen-bond donors (Lipinski definition) is 0. The molecule has 1 aromatic heterocycles. The maximum atomic E-state index is 12.6. The average Bonchev–Trinajstić information content (AvgIpc) is 2.91. The average molecular weight is 629 g/mol. The number of halogens is 1. The van der Waals surface area contributed by atoms with E-state index < -0.39 is 5.60 Å². The van der Waals surface area contributed by atoms with Crippen LogP contribution >= 0.6 is 15.9 Å². The van der Waals surface area contributed by atoms with Crippen molar-refractivity contribution in [2.75, 3.05) is 51.2 Å². The number of carbonyl (C=O) groups is 1. The number of hydrogen-bond acceptors (Lipinski definition) is 7. The molecule has 5 rings (SSSR count). The number of anilines is 1. The molecule has 9 heteroatoms. The van der Waals surface area contributed by atoms with Gasteiger partial charge >= 0.3 is 12.1 Å². The molecule has 2 aromatic rings. The number of ether oxygens (including phenoxy) is 2. The number of likely N-dealkylation sites (tertiary alicyclic amines) is 2. The summed E-state index contributed by atoms with van der Waals surface area (Å²) >= 11 is 3.89. The zero-order valence-corrected chi connectivity index (χ0v) is 27.2. The van der Waals surface area contributed by atoms with Crippen LogP contribution in [0.5, 0.6) is 6.01 Å². The third-order valence-corrected chi connectivity index (χ3v) is 9.93. The molecule has 0 bridgehead atoms. The SMILES string of the molecule is C=Cc1cc2c(N3CCC4(CC3)CN(C(=O)OC(C)(C)C)C4)nc(OC3CCN(C)CC3)nc2c(C(C)CC)c1Br. The number of rotatable bonds is 6. The molecular weight excluding hydrogens is 582 g/mol. The molecular formula is C32H46BrN5O3. The molecule has 3 aliphatic rings. The van der Waals surface area contributed by atoms with Crippen LogP contribution in [0.15, 0.2) is 17.1 Å². The van der Waals surface area contributed by atoms with Crippen molar-refractivity contribution in [2.24, 2.45) is 5.41 Å². The first kappa shape index (κ1) is 30.1. The number of benzene rings is 1. The Balaban J connectivity index is 1.44. The second kappa shape index (κ2) is 11.7. The van der Waals surface area contributed by atoms with E-state index in [1.165, 1.54) is 5.56 Å². The van der Waals surface area contributed by atoms with Gasteiger partial charge in [0.2, 0.25) is 0 Å². The Labute approximate surface area is 253 Å². The van der Waals surface area contributed by atoms with E-state index in [2.05, 4.69) is 59.3 Å². The fraction of sp³-hybridized carbons (Fsp3) is 0.656. The van der Waals surface area contributed by atoms with Crippen molar-refractivity contribution in [2.45, 2.75) is 84.3 Å². The highest BCUT2D eigenvalue weighted by Gasteiger charge is 2.48. The predicted octanol–water partition coefficient (Wildman–Crippen LogP) is 6.86. The molecule has 1 amide bonds. The number of fused-ring (bicyclic) bond motifs is 1. The Bertz CT molecular complexity index is 1280. The van der Waals surface area contributed by atoms with E-state index in [-0.39, 0.29) is 17.6 Å². The highest BCUT2D eigenvalue weighted by Crippen LogP contribution is 2.44. The molecule has 3 fully saturated rings. The van der Waals surface area contributed by atoms with Crippen LogP contribution in [0.1, 0.15) is 83.8 Å². The third kappa shape index (κ3) is 6.36. The molecule has 3 saturated heterocycles. The third-order valence-electron chi connectivity index (χ3n) is 9.04. The summed E-state index contributed by atoms with van der Waals surface area (Å²) < 4.78 is 13.1. The fourth-order valence-corrected chi connectivity index (χ4v) is 7.19. The van der Waals surface area contributed by atoms with E-state index in [1.54, 1.807) is 0 Å². The van der Waals surface area contributed by atoms with Gasteiger partial charge in [-0.1, -0.05) is 26.5 Å². The lowest BCUT2D eigenvalue weighted by atomic mass is 9.72. The summed E-state index contributed by atoms with van der Waals surface area (Å²) in [4.78, 5) is 29.3. The van der Waals surface area contributed by atoms with Gasteiger partial charge in [-0.05, 0) is 99.0 Å². The van der Waals surface area contributed by atoms with Crippen LogP contribution in [0.2, 0.25) is 0 Å². The molecule has 0 radical (unpaired) electrons. The lowest BCUT2D eigenvalue weighted by molar-refractivity contribution is -0.0434. The van der Waals surface area contributed by atoms with Crippen LogP contribution in [0.3, 0.4) is 0 Å². The topological polar surface area (TPSA) is 71.0 Å². The van der Waals surface area contributed by atoms with Crippen molar-refractivity contribution < 1.29 is 14.3 Å². The zero-order valence-electron chi connectivity index (χ0n) is 25.6. The number of amides is 1. The normalized spacial score (nSPS) is 20.7. The van der Waals surface area contributed by atoms with Crippen molar-refractivity contribution in [3.8, 4) is 6.01 Å². The molecule has 0 saturated carbocycles. The Morgan fingerprint density at radius 1 is 1.20 bits per heavy atom. The van der Waals surface area contributed by atoms with Crippen LogP contribution in [0.4, 0.5) is 10.6 Å². The smallest absolute Gasteiger partial charge is 0.410 e. The molecule has 0 N–H and O–H groups in total. The maximum Gasteiger partial charge on any atom is 0.410 e. The Morgan fingerprint density at radius 2 is 1.85 bits per heavy atom. The van der Waals surface area contributed by atoms with E-state index in [0.717, 1.165) is 98.1 Å². The van der Waals surface area contributed by atoms with Crippen LogP contribution in [-0.2, 0) is 4.74 Å². The summed E-state index contributed by atoms with van der Waals surface area (Å²) in [6.07, 6.45) is 6.79. The van der Waals surface area contributed by atoms with Crippen LogP contribution in [-0.4, -0.2) is 83.9 Å². The van der Waals surface area contributed by atoms with E-state index in [0.29, 0.717) is 11.9 Å². The van der Waals surface area contributed by atoms with Gasteiger partial charge in [-0.15, -0.1) is 0 Å². The van der Waals surface area contributed by atoms with Gasteiger partial charge in [0, 0.05) is 54.5 Å². The predicted molar refractivity (Wildman–Crippen MR) is 169 cm³/mol. The molecule has 1 atom stereocenters. The van der Waals surface area contributed by atoms with Gasteiger partial charge in [0.25, 0.3) is 0 Å². The Kier molecular flexibility index (Phi) is 8.59. The van der Waals surface area contributed by atoms with E-state index in [4.69, 9.17) is 19.4 Å². The van der Waals surface area contributed by atoms with Crippen molar-refractivity contribution in [1.82, 2.24) is 19.8 Å². The lowest BCUT2D eigenvalue weighted by Gasteiger charge is -2.53. The van der Waals surface area contributed by atoms with Gasteiger partial charge in [0.05, 0.1) is 5.52 Å². The second-order valence-corrected chi connectivity index (χ2v) is 14.2. The largest absolute Gasteiger partial charge is 0.460 e. The number of carbonyl (C=O) groups excluding carboxylic acids is 1. The van der Waals surface area contributed by atoms with Crippen molar-refractivity contribution in [1.29, 1.82) is 0 Å².